The Hall–Kier alpha value is -2.21. The highest BCUT2D eigenvalue weighted by atomic mass is 35.5. The second kappa shape index (κ2) is 4.47. The Morgan fingerprint density at radius 2 is 2.21 bits per heavy atom. The number of nitro groups is 1. The van der Waals surface area contributed by atoms with Crippen molar-refractivity contribution in [3.63, 3.8) is 0 Å². The van der Waals surface area contributed by atoms with Crippen molar-refractivity contribution in [3.8, 4) is 17.0 Å². The summed E-state index contributed by atoms with van der Waals surface area (Å²) in [7, 11) is 0. The number of hydrogen-bond donors (Lipinski definition) is 0. The number of benzene rings is 1. The highest BCUT2D eigenvalue weighted by Crippen LogP contribution is 2.35. The van der Waals surface area contributed by atoms with Gasteiger partial charge in [0, 0.05) is 12.0 Å². The second-order valence-electron chi connectivity index (χ2n) is 4.04. The zero-order valence-electron chi connectivity index (χ0n) is 9.67. The molecule has 0 aliphatic carbocycles. The zero-order chi connectivity index (χ0) is 13.4. The Balaban J connectivity index is 2.17. The molecule has 19 heavy (non-hydrogen) atoms. The first kappa shape index (κ1) is 11.9. The third-order valence-corrected chi connectivity index (χ3v) is 3.20. The van der Waals surface area contributed by atoms with Crippen molar-refractivity contribution in [2.45, 2.75) is 6.42 Å². The first-order valence-corrected chi connectivity index (χ1v) is 5.95. The number of fused-ring (bicyclic) bond motifs is 1. The van der Waals surface area contributed by atoms with Crippen molar-refractivity contribution in [2.24, 2.45) is 0 Å². The third-order valence-electron chi connectivity index (χ3n) is 2.92. The van der Waals surface area contributed by atoms with E-state index in [-0.39, 0.29) is 16.5 Å². The van der Waals surface area contributed by atoms with Crippen molar-refractivity contribution in [1.82, 2.24) is 9.97 Å². The normalized spacial score (nSPS) is 12.9. The van der Waals surface area contributed by atoms with E-state index in [9.17, 15) is 10.1 Å². The van der Waals surface area contributed by atoms with Gasteiger partial charge in [-0.2, -0.15) is 0 Å². The zero-order valence-corrected chi connectivity index (χ0v) is 10.4. The molecule has 2 aromatic rings. The summed E-state index contributed by atoms with van der Waals surface area (Å²) >= 11 is 5.77. The molecule has 0 bridgehead atoms. The minimum absolute atomic E-state index is 0.160. The van der Waals surface area contributed by atoms with Gasteiger partial charge >= 0.3 is 5.69 Å². The topological polar surface area (TPSA) is 78.2 Å². The molecule has 1 aromatic carbocycles. The van der Waals surface area contributed by atoms with Crippen LogP contribution < -0.4 is 4.74 Å². The predicted molar refractivity (Wildman–Crippen MR) is 68.3 cm³/mol. The van der Waals surface area contributed by atoms with Crippen molar-refractivity contribution < 1.29 is 9.66 Å². The Kier molecular flexibility index (Phi) is 2.79. The van der Waals surface area contributed by atoms with Gasteiger partial charge in [0.25, 0.3) is 0 Å². The molecule has 0 radical (unpaired) electrons. The maximum Gasteiger partial charge on any atom is 0.332 e. The second-order valence-corrected chi connectivity index (χ2v) is 4.40. The van der Waals surface area contributed by atoms with Gasteiger partial charge in [-0.3, -0.25) is 10.1 Å². The van der Waals surface area contributed by atoms with Crippen molar-refractivity contribution >= 4 is 17.3 Å². The van der Waals surface area contributed by atoms with Crippen LogP contribution in [0.4, 0.5) is 5.69 Å². The van der Waals surface area contributed by atoms with E-state index in [4.69, 9.17) is 16.3 Å². The largest absolute Gasteiger partial charge is 0.493 e. The molecule has 0 spiro atoms. The summed E-state index contributed by atoms with van der Waals surface area (Å²) in [6, 6.07) is 5.36. The third kappa shape index (κ3) is 2.00. The van der Waals surface area contributed by atoms with Crippen LogP contribution in [0.25, 0.3) is 11.3 Å². The summed E-state index contributed by atoms with van der Waals surface area (Å²) in [4.78, 5) is 18.1. The summed E-state index contributed by atoms with van der Waals surface area (Å²) in [5.74, 6) is 0.812. The van der Waals surface area contributed by atoms with E-state index >= 15 is 0 Å². The van der Waals surface area contributed by atoms with Crippen LogP contribution in [-0.4, -0.2) is 21.5 Å². The Labute approximate surface area is 113 Å². The van der Waals surface area contributed by atoms with E-state index in [1.807, 2.05) is 6.07 Å². The Bertz CT molecular complexity index is 675. The summed E-state index contributed by atoms with van der Waals surface area (Å²) in [5, 5.41) is 10.9. The number of halogens is 1. The predicted octanol–water partition coefficient (Wildman–Crippen LogP) is 2.64. The fourth-order valence-corrected chi connectivity index (χ4v) is 2.27. The van der Waals surface area contributed by atoms with Gasteiger partial charge in [-0.15, -0.1) is 0 Å². The quantitative estimate of drug-likeness (QED) is 0.479. The molecule has 0 amide bonds. The first-order chi connectivity index (χ1) is 9.16. The number of rotatable bonds is 2. The van der Waals surface area contributed by atoms with Crippen molar-refractivity contribution in [1.29, 1.82) is 0 Å². The van der Waals surface area contributed by atoms with Crippen molar-refractivity contribution in [2.75, 3.05) is 6.61 Å². The molecule has 2 heterocycles. The maximum atomic E-state index is 11.1. The summed E-state index contributed by atoms with van der Waals surface area (Å²) in [6.45, 7) is 0.630. The van der Waals surface area contributed by atoms with Crippen LogP contribution in [-0.2, 0) is 6.42 Å². The molecule has 0 atom stereocenters. The number of aromatic nitrogens is 2. The number of ether oxygens (including phenoxy) is 1. The fraction of sp³-hybridized carbons (Fsp3) is 0.167. The van der Waals surface area contributed by atoms with E-state index in [2.05, 4.69) is 9.97 Å². The fourth-order valence-electron chi connectivity index (χ4n) is 2.06. The highest BCUT2D eigenvalue weighted by Gasteiger charge is 2.24. The highest BCUT2D eigenvalue weighted by molar-refractivity contribution is 6.31. The molecule has 0 saturated carbocycles. The standard InChI is InChI=1S/C12H8ClN3O3/c13-12-11(16(17)18)10(14-6-15-12)8-1-2-9-7(5-8)3-4-19-9/h1-2,5-6H,3-4H2. The average molecular weight is 278 g/mol. The van der Waals surface area contributed by atoms with Crippen LogP contribution in [0, 0.1) is 10.1 Å². The molecule has 1 aliphatic rings. The van der Waals surface area contributed by atoms with Crippen LogP contribution in [0.2, 0.25) is 5.15 Å². The maximum absolute atomic E-state index is 11.1. The minimum atomic E-state index is -0.568. The molecule has 6 nitrogen and oxygen atoms in total. The van der Waals surface area contributed by atoms with Gasteiger partial charge in [0.2, 0.25) is 5.15 Å². The van der Waals surface area contributed by atoms with Gasteiger partial charge < -0.3 is 4.74 Å². The van der Waals surface area contributed by atoms with Crippen LogP contribution in [0.3, 0.4) is 0 Å². The van der Waals surface area contributed by atoms with Gasteiger partial charge in [0.15, 0.2) is 5.69 Å². The molecule has 7 heteroatoms. The van der Waals surface area contributed by atoms with Crippen LogP contribution in [0.1, 0.15) is 5.56 Å². The van der Waals surface area contributed by atoms with E-state index < -0.39 is 4.92 Å². The monoisotopic (exact) mass is 277 g/mol. The van der Waals surface area contributed by atoms with Crippen LogP contribution in [0.5, 0.6) is 5.75 Å². The van der Waals surface area contributed by atoms with E-state index in [1.165, 1.54) is 6.33 Å². The van der Waals surface area contributed by atoms with E-state index in [1.54, 1.807) is 12.1 Å². The Morgan fingerprint density at radius 3 is 3.00 bits per heavy atom. The van der Waals surface area contributed by atoms with E-state index in [0.29, 0.717) is 12.2 Å². The molecule has 0 N–H and O–H groups in total. The van der Waals surface area contributed by atoms with Crippen LogP contribution >= 0.6 is 11.6 Å². The van der Waals surface area contributed by atoms with Gasteiger partial charge in [-0.1, -0.05) is 11.6 Å². The number of hydrogen-bond acceptors (Lipinski definition) is 5. The summed E-state index contributed by atoms with van der Waals surface area (Å²) < 4.78 is 5.40. The average Bonchev–Trinajstić information content (AvgIpc) is 2.85. The lowest BCUT2D eigenvalue weighted by Gasteiger charge is -2.05. The smallest absolute Gasteiger partial charge is 0.332 e. The van der Waals surface area contributed by atoms with Gasteiger partial charge in [0.1, 0.15) is 12.1 Å². The van der Waals surface area contributed by atoms with Gasteiger partial charge in [-0.25, -0.2) is 9.97 Å². The molecule has 0 unspecified atom stereocenters. The lowest BCUT2D eigenvalue weighted by atomic mass is 10.1. The molecule has 0 fully saturated rings. The van der Waals surface area contributed by atoms with Gasteiger partial charge in [-0.05, 0) is 23.8 Å². The molecule has 96 valence electrons. The molecular weight excluding hydrogens is 270 g/mol. The van der Waals surface area contributed by atoms with E-state index in [0.717, 1.165) is 17.7 Å². The first-order valence-electron chi connectivity index (χ1n) is 5.58. The molecule has 1 aliphatic heterocycles. The Morgan fingerprint density at radius 1 is 1.37 bits per heavy atom. The summed E-state index contributed by atoms with van der Waals surface area (Å²) in [6.07, 6.45) is 2.00. The molecule has 0 saturated heterocycles. The van der Waals surface area contributed by atoms with Crippen LogP contribution in [0.15, 0.2) is 24.5 Å². The molecular formula is C12H8ClN3O3. The molecule has 1 aromatic heterocycles. The number of nitrogens with zero attached hydrogens (tertiary/aromatic N) is 3. The minimum Gasteiger partial charge on any atom is -0.493 e. The lowest BCUT2D eigenvalue weighted by molar-refractivity contribution is -0.384. The summed E-state index contributed by atoms with van der Waals surface area (Å²) in [5.41, 5.74) is 1.60. The lowest BCUT2D eigenvalue weighted by Crippen LogP contribution is -1.97. The van der Waals surface area contributed by atoms with Crippen molar-refractivity contribution in [3.05, 3.63) is 45.4 Å². The SMILES string of the molecule is O=[N+]([O-])c1c(Cl)ncnc1-c1ccc2c(c1)CCO2. The van der Waals surface area contributed by atoms with Gasteiger partial charge in [0.05, 0.1) is 11.5 Å². The molecule has 3 rings (SSSR count).